The molecule has 0 saturated carbocycles. The fourth-order valence-electron chi connectivity index (χ4n) is 3.45. The molecule has 3 aromatic rings. The zero-order valence-electron chi connectivity index (χ0n) is 19.3. The molecule has 12 heteroatoms. The fraction of sp³-hybridized carbons (Fsp3) is 0.240. The average molecular weight is 545 g/mol. The quantitative estimate of drug-likeness (QED) is 0.325. The normalized spacial score (nSPS) is 13.3. The highest BCUT2D eigenvalue weighted by molar-refractivity contribution is 7.89. The van der Waals surface area contributed by atoms with Crippen LogP contribution in [0.5, 0.6) is 0 Å². The van der Waals surface area contributed by atoms with E-state index < -0.39 is 51.1 Å². The molecule has 0 aliphatic heterocycles. The summed E-state index contributed by atoms with van der Waals surface area (Å²) in [4.78, 5) is 12.2. The molecule has 0 aliphatic carbocycles. The topological polar surface area (TPSA) is 75.3 Å². The van der Waals surface area contributed by atoms with E-state index >= 15 is 0 Å². The Bertz CT molecular complexity index is 1310. The number of nitrogens with one attached hydrogen (secondary N) is 2. The van der Waals surface area contributed by atoms with Crippen molar-refractivity contribution in [3.8, 4) is 0 Å². The summed E-state index contributed by atoms with van der Waals surface area (Å²) >= 11 is 0. The van der Waals surface area contributed by atoms with Gasteiger partial charge in [-0.25, -0.2) is 13.1 Å². The summed E-state index contributed by atoms with van der Waals surface area (Å²) in [5.41, 5.74) is -2.39. The van der Waals surface area contributed by atoms with Gasteiger partial charge < -0.3 is 5.32 Å². The number of benzene rings is 3. The van der Waals surface area contributed by atoms with Crippen molar-refractivity contribution < 1.29 is 39.6 Å². The van der Waals surface area contributed by atoms with Gasteiger partial charge in [-0.2, -0.15) is 26.3 Å². The molecule has 0 saturated heterocycles. The van der Waals surface area contributed by atoms with Gasteiger partial charge in [0.25, 0.3) is 0 Å². The molecule has 0 aromatic heterocycles. The second kappa shape index (κ2) is 10.9. The second-order valence-corrected chi connectivity index (χ2v) is 9.95. The Kier molecular flexibility index (Phi) is 8.33. The molecule has 0 aliphatic rings. The standard InChI is InChI=1S/C25H22F6N2O3S/c1-16(18-5-3-2-4-6-18)33-37(35,36)22-10-7-17(8-11-22)9-12-23(34)32-21-14-19(24(26,27)28)13-20(15-21)25(29,30)31/h2-8,10-11,13-16,33H,9,12H2,1H3,(H,32,34). The predicted octanol–water partition coefficient (Wildman–Crippen LogP) is 6.34. The molecule has 198 valence electrons. The molecule has 0 fully saturated rings. The van der Waals surface area contributed by atoms with Crippen molar-refractivity contribution in [1.29, 1.82) is 0 Å². The van der Waals surface area contributed by atoms with Crippen LogP contribution < -0.4 is 10.0 Å². The van der Waals surface area contributed by atoms with Crippen molar-refractivity contribution in [2.45, 2.75) is 43.1 Å². The lowest BCUT2D eigenvalue weighted by Gasteiger charge is -2.15. The van der Waals surface area contributed by atoms with Gasteiger partial charge >= 0.3 is 12.4 Å². The first-order chi connectivity index (χ1) is 17.1. The van der Waals surface area contributed by atoms with Crippen LogP contribution in [-0.2, 0) is 33.6 Å². The highest BCUT2D eigenvalue weighted by Crippen LogP contribution is 2.37. The zero-order chi connectivity index (χ0) is 27.4. The van der Waals surface area contributed by atoms with Gasteiger partial charge in [-0.1, -0.05) is 42.5 Å². The summed E-state index contributed by atoms with van der Waals surface area (Å²) < 4.78 is 106. The van der Waals surface area contributed by atoms with Crippen LogP contribution in [0, 0.1) is 0 Å². The van der Waals surface area contributed by atoms with Crippen molar-refractivity contribution in [3.05, 3.63) is 95.1 Å². The highest BCUT2D eigenvalue weighted by Gasteiger charge is 2.37. The van der Waals surface area contributed by atoms with Crippen LogP contribution in [0.15, 0.2) is 77.7 Å². The first-order valence-electron chi connectivity index (χ1n) is 10.9. The highest BCUT2D eigenvalue weighted by atomic mass is 32.2. The molecule has 0 spiro atoms. The number of halogens is 6. The summed E-state index contributed by atoms with van der Waals surface area (Å²) in [5, 5.41) is 2.07. The van der Waals surface area contributed by atoms with Crippen molar-refractivity contribution >= 4 is 21.6 Å². The van der Waals surface area contributed by atoms with E-state index in [4.69, 9.17) is 0 Å². The Morgan fingerprint density at radius 1 is 0.838 bits per heavy atom. The molecule has 1 unspecified atom stereocenters. The Labute approximate surface area is 209 Å². The summed E-state index contributed by atoms with van der Waals surface area (Å²) in [7, 11) is -3.84. The van der Waals surface area contributed by atoms with E-state index in [2.05, 4.69) is 10.0 Å². The number of anilines is 1. The minimum atomic E-state index is -5.03. The first-order valence-corrected chi connectivity index (χ1v) is 12.4. The van der Waals surface area contributed by atoms with E-state index in [0.717, 1.165) is 5.56 Å². The molecule has 37 heavy (non-hydrogen) atoms. The monoisotopic (exact) mass is 544 g/mol. The molecular weight excluding hydrogens is 522 g/mol. The minimum absolute atomic E-state index is 0.00729. The number of alkyl halides is 6. The summed E-state index contributed by atoms with van der Waals surface area (Å²) in [6, 6.07) is 14.9. The summed E-state index contributed by atoms with van der Waals surface area (Å²) in [6.07, 6.45) is -10.2. The van der Waals surface area contributed by atoms with Crippen molar-refractivity contribution in [3.63, 3.8) is 0 Å². The number of aryl methyl sites for hydroxylation is 1. The Morgan fingerprint density at radius 3 is 1.89 bits per heavy atom. The lowest BCUT2D eigenvalue weighted by molar-refractivity contribution is -0.143. The van der Waals surface area contributed by atoms with Crippen LogP contribution in [-0.4, -0.2) is 14.3 Å². The van der Waals surface area contributed by atoms with Gasteiger partial charge in [0.15, 0.2) is 0 Å². The number of rotatable bonds is 8. The van der Waals surface area contributed by atoms with Crippen LogP contribution in [0.2, 0.25) is 0 Å². The number of hydrogen-bond donors (Lipinski definition) is 2. The molecular formula is C25H22F6N2O3S. The maximum absolute atomic E-state index is 13.0. The van der Waals surface area contributed by atoms with Gasteiger partial charge in [-0.05, 0) is 54.8 Å². The fourth-order valence-corrected chi connectivity index (χ4v) is 4.69. The molecule has 0 heterocycles. The Morgan fingerprint density at radius 2 is 1.38 bits per heavy atom. The molecule has 3 aromatic carbocycles. The van der Waals surface area contributed by atoms with E-state index in [-0.39, 0.29) is 23.8 Å². The molecule has 3 rings (SSSR count). The third-order valence-corrected chi connectivity index (χ3v) is 6.93. The van der Waals surface area contributed by atoms with Gasteiger partial charge in [0.05, 0.1) is 16.0 Å². The second-order valence-electron chi connectivity index (χ2n) is 8.24. The molecule has 0 radical (unpaired) electrons. The number of amides is 1. The van der Waals surface area contributed by atoms with Crippen LogP contribution >= 0.6 is 0 Å². The van der Waals surface area contributed by atoms with Crippen molar-refractivity contribution in [1.82, 2.24) is 4.72 Å². The lowest BCUT2D eigenvalue weighted by Crippen LogP contribution is -2.26. The molecule has 1 atom stereocenters. The number of hydrogen-bond acceptors (Lipinski definition) is 3. The van der Waals surface area contributed by atoms with E-state index in [1.54, 1.807) is 31.2 Å². The third-order valence-electron chi connectivity index (χ3n) is 5.38. The van der Waals surface area contributed by atoms with Gasteiger partial charge in [-0.15, -0.1) is 0 Å². The number of carbonyl (C=O) groups is 1. The van der Waals surface area contributed by atoms with Crippen molar-refractivity contribution in [2.75, 3.05) is 5.32 Å². The summed E-state index contributed by atoms with van der Waals surface area (Å²) in [6.45, 7) is 1.70. The molecule has 2 N–H and O–H groups in total. The van der Waals surface area contributed by atoms with E-state index in [1.807, 2.05) is 6.07 Å². The molecule has 0 bridgehead atoms. The van der Waals surface area contributed by atoms with Crippen LogP contribution in [0.25, 0.3) is 0 Å². The third kappa shape index (κ3) is 7.80. The Balaban J connectivity index is 1.63. The van der Waals surface area contributed by atoms with Crippen LogP contribution in [0.3, 0.4) is 0 Å². The molecule has 1 amide bonds. The maximum atomic E-state index is 13.0. The maximum Gasteiger partial charge on any atom is 0.416 e. The van der Waals surface area contributed by atoms with E-state index in [9.17, 15) is 39.6 Å². The zero-order valence-corrected chi connectivity index (χ0v) is 20.1. The summed E-state index contributed by atoms with van der Waals surface area (Å²) in [5.74, 6) is -0.803. The average Bonchev–Trinajstić information content (AvgIpc) is 2.82. The predicted molar refractivity (Wildman–Crippen MR) is 125 cm³/mol. The van der Waals surface area contributed by atoms with Gasteiger partial charge in [0.2, 0.25) is 15.9 Å². The van der Waals surface area contributed by atoms with Gasteiger partial charge in [0, 0.05) is 18.2 Å². The van der Waals surface area contributed by atoms with Gasteiger partial charge in [-0.3, -0.25) is 4.79 Å². The minimum Gasteiger partial charge on any atom is -0.326 e. The van der Waals surface area contributed by atoms with Crippen LogP contribution in [0.4, 0.5) is 32.0 Å². The molecule has 5 nitrogen and oxygen atoms in total. The van der Waals surface area contributed by atoms with Crippen LogP contribution in [0.1, 0.15) is 41.6 Å². The first kappa shape index (κ1) is 28.2. The van der Waals surface area contributed by atoms with E-state index in [0.29, 0.717) is 17.7 Å². The number of sulfonamides is 1. The smallest absolute Gasteiger partial charge is 0.326 e. The lowest BCUT2D eigenvalue weighted by atomic mass is 10.1. The van der Waals surface area contributed by atoms with E-state index in [1.165, 1.54) is 24.3 Å². The Hall–Kier alpha value is -3.38. The van der Waals surface area contributed by atoms with Crippen molar-refractivity contribution in [2.24, 2.45) is 0 Å². The van der Waals surface area contributed by atoms with Gasteiger partial charge in [0.1, 0.15) is 0 Å². The largest absolute Gasteiger partial charge is 0.416 e. The SMILES string of the molecule is CC(NS(=O)(=O)c1ccc(CCC(=O)Nc2cc(C(F)(F)F)cc(C(F)(F)F)c2)cc1)c1ccccc1. The number of carbonyl (C=O) groups excluding carboxylic acids is 1.